The molecule has 2 nitrogen and oxygen atoms in total. The van der Waals surface area contributed by atoms with Gasteiger partial charge in [0.05, 0.1) is 0 Å². The van der Waals surface area contributed by atoms with Gasteiger partial charge in [0.1, 0.15) is 0 Å². The Bertz CT molecular complexity index is 507. The minimum atomic E-state index is 0.373. The van der Waals surface area contributed by atoms with Crippen LogP contribution in [0.3, 0.4) is 0 Å². The molecule has 1 aliphatic carbocycles. The normalized spacial score (nSPS) is 19.1. The minimum Gasteiger partial charge on any atom is -0.271 e. The zero-order chi connectivity index (χ0) is 12.4. The second-order valence-electron chi connectivity index (χ2n) is 5.03. The lowest BCUT2D eigenvalue weighted by molar-refractivity contribution is 0.422. The highest BCUT2D eigenvalue weighted by atomic mass is 32.1. The molecule has 1 aliphatic rings. The van der Waals surface area contributed by atoms with Crippen molar-refractivity contribution >= 4 is 11.3 Å². The Morgan fingerprint density at radius 3 is 2.94 bits per heavy atom. The van der Waals surface area contributed by atoms with Crippen LogP contribution in [0.1, 0.15) is 29.0 Å². The van der Waals surface area contributed by atoms with Crippen LogP contribution in [0, 0.1) is 0 Å². The van der Waals surface area contributed by atoms with Crippen LogP contribution in [0.2, 0.25) is 0 Å². The van der Waals surface area contributed by atoms with E-state index >= 15 is 0 Å². The van der Waals surface area contributed by atoms with E-state index in [4.69, 9.17) is 5.84 Å². The minimum absolute atomic E-state index is 0.373. The van der Waals surface area contributed by atoms with E-state index in [2.05, 4.69) is 46.5 Å². The third-order valence-electron chi connectivity index (χ3n) is 3.83. The van der Waals surface area contributed by atoms with Gasteiger partial charge in [-0.3, -0.25) is 11.3 Å². The Balaban J connectivity index is 1.62. The molecule has 0 spiro atoms. The van der Waals surface area contributed by atoms with Crippen LogP contribution in [0.5, 0.6) is 0 Å². The van der Waals surface area contributed by atoms with Gasteiger partial charge in [0.2, 0.25) is 0 Å². The van der Waals surface area contributed by atoms with Gasteiger partial charge in [-0.1, -0.05) is 24.3 Å². The summed E-state index contributed by atoms with van der Waals surface area (Å²) in [5.74, 6) is 6.37. The molecule has 2 aromatic rings. The van der Waals surface area contributed by atoms with E-state index in [-0.39, 0.29) is 0 Å². The standard InChI is InChI=1S/C15H18N2S/c16-17-14(7-11-5-6-18-10-11)9-13-8-12-3-1-2-4-15(12)13/h1-6,10,13-14,17H,7-9,16H2. The highest BCUT2D eigenvalue weighted by Gasteiger charge is 2.27. The largest absolute Gasteiger partial charge is 0.271 e. The van der Waals surface area contributed by atoms with Crippen LogP contribution < -0.4 is 11.3 Å². The molecule has 0 fully saturated rings. The predicted octanol–water partition coefficient (Wildman–Crippen LogP) is 2.85. The second kappa shape index (κ2) is 5.22. The average Bonchev–Trinajstić information content (AvgIpc) is 2.87. The first kappa shape index (κ1) is 11.9. The quantitative estimate of drug-likeness (QED) is 0.639. The SMILES string of the molecule is NNC(Cc1ccsc1)CC1Cc2ccccc21. The summed E-state index contributed by atoms with van der Waals surface area (Å²) >= 11 is 1.75. The fourth-order valence-electron chi connectivity index (χ4n) is 2.82. The summed E-state index contributed by atoms with van der Waals surface area (Å²) in [5, 5.41) is 4.33. The summed E-state index contributed by atoms with van der Waals surface area (Å²) < 4.78 is 0. The van der Waals surface area contributed by atoms with Crippen molar-refractivity contribution in [3.05, 3.63) is 57.8 Å². The van der Waals surface area contributed by atoms with Crippen molar-refractivity contribution in [2.75, 3.05) is 0 Å². The van der Waals surface area contributed by atoms with E-state index in [1.807, 2.05) is 0 Å². The van der Waals surface area contributed by atoms with Crippen LogP contribution in [0.25, 0.3) is 0 Å². The number of nitrogens with one attached hydrogen (secondary N) is 1. The van der Waals surface area contributed by atoms with Gasteiger partial charge in [0, 0.05) is 6.04 Å². The molecule has 2 unspecified atom stereocenters. The molecule has 3 N–H and O–H groups in total. The number of hydrogen-bond acceptors (Lipinski definition) is 3. The van der Waals surface area contributed by atoms with Crippen LogP contribution >= 0.6 is 11.3 Å². The Kier molecular flexibility index (Phi) is 3.46. The van der Waals surface area contributed by atoms with Crippen molar-refractivity contribution in [3.63, 3.8) is 0 Å². The maximum atomic E-state index is 5.69. The smallest absolute Gasteiger partial charge is 0.0257 e. The number of benzene rings is 1. The molecule has 1 aromatic carbocycles. The van der Waals surface area contributed by atoms with Crippen LogP contribution in [0.15, 0.2) is 41.1 Å². The van der Waals surface area contributed by atoms with Crippen molar-refractivity contribution < 1.29 is 0 Å². The highest BCUT2D eigenvalue weighted by molar-refractivity contribution is 7.07. The third-order valence-corrected chi connectivity index (χ3v) is 4.56. The van der Waals surface area contributed by atoms with Crippen LogP contribution in [-0.4, -0.2) is 6.04 Å². The van der Waals surface area contributed by atoms with Gasteiger partial charge in [-0.2, -0.15) is 11.3 Å². The molecular formula is C15H18N2S. The zero-order valence-corrected chi connectivity index (χ0v) is 11.1. The summed E-state index contributed by atoms with van der Waals surface area (Å²) in [6.07, 6.45) is 3.36. The molecule has 94 valence electrons. The van der Waals surface area contributed by atoms with Gasteiger partial charge in [-0.25, -0.2) is 0 Å². The number of thiophene rings is 1. The van der Waals surface area contributed by atoms with Crippen molar-refractivity contribution in [3.8, 4) is 0 Å². The fourth-order valence-corrected chi connectivity index (χ4v) is 3.50. The molecule has 3 heteroatoms. The third kappa shape index (κ3) is 2.34. The molecule has 0 saturated carbocycles. The lowest BCUT2D eigenvalue weighted by Crippen LogP contribution is -2.39. The molecule has 1 heterocycles. The van der Waals surface area contributed by atoms with Crippen molar-refractivity contribution in [2.24, 2.45) is 5.84 Å². The summed E-state index contributed by atoms with van der Waals surface area (Å²) in [6.45, 7) is 0. The molecule has 3 rings (SSSR count). The number of rotatable bonds is 5. The molecule has 2 atom stereocenters. The molecule has 0 aliphatic heterocycles. The molecular weight excluding hydrogens is 240 g/mol. The van der Waals surface area contributed by atoms with E-state index in [0.717, 1.165) is 12.8 Å². The van der Waals surface area contributed by atoms with Gasteiger partial charge < -0.3 is 0 Å². The first-order chi connectivity index (χ1) is 8.86. The topological polar surface area (TPSA) is 38.0 Å². The molecule has 0 radical (unpaired) electrons. The van der Waals surface area contributed by atoms with Gasteiger partial charge in [0.25, 0.3) is 0 Å². The summed E-state index contributed by atoms with van der Waals surface area (Å²) in [5.41, 5.74) is 7.38. The Hall–Kier alpha value is -1.16. The summed E-state index contributed by atoms with van der Waals surface area (Å²) in [4.78, 5) is 0. The maximum absolute atomic E-state index is 5.69. The average molecular weight is 258 g/mol. The second-order valence-corrected chi connectivity index (χ2v) is 5.81. The molecule has 18 heavy (non-hydrogen) atoms. The molecule has 0 amide bonds. The molecule has 0 saturated heterocycles. The predicted molar refractivity (Wildman–Crippen MR) is 76.6 cm³/mol. The zero-order valence-electron chi connectivity index (χ0n) is 10.3. The Labute approximate surface area is 112 Å². The first-order valence-corrected chi connectivity index (χ1v) is 7.36. The van der Waals surface area contributed by atoms with Gasteiger partial charge in [-0.05, 0) is 58.7 Å². The number of hydrazine groups is 1. The van der Waals surface area contributed by atoms with Crippen molar-refractivity contribution in [1.82, 2.24) is 5.43 Å². The first-order valence-electron chi connectivity index (χ1n) is 6.42. The Morgan fingerprint density at radius 1 is 1.33 bits per heavy atom. The van der Waals surface area contributed by atoms with Crippen molar-refractivity contribution in [2.45, 2.75) is 31.2 Å². The van der Waals surface area contributed by atoms with Gasteiger partial charge in [-0.15, -0.1) is 0 Å². The van der Waals surface area contributed by atoms with E-state index in [9.17, 15) is 0 Å². The Morgan fingerprint density at radius 2 is 2.22 bits per heavy atom. The van der Waals surface area contributed by atoms with Crippen molar-refractivity contribution in [1.29, 1.82) is 0 Å². The highest BCUT2D eigenvalue weighted by Crippen LogP contribution is 2.38. The molecule has 0 bridgehead atoms. The van der Waals surface area contributed by atoms with Crippen LogP contribution in [0.4, 0.5) is 0 Å². The monoisotopic (exact) mass is 258 g/mol. The molecule has 1 aromatic heterocycles. The lowest BCUT2D eigenvalue weighted by Gasteiger charge is -2.32. The van der Waals surface area contributed by atoms with Gasteiger partial charge >= 0.3 is 0 Å². The maximum Gasteiger partial charge on any atom is 0.0257 e. The number of fused-ring (bicyclic) bond motifs is 1. The van der Waals surface area contributed by atoms with E-state index in [1.165, 1.54) is 23.1 Å². The summed E-state index contributed by atoms with van der Waals surface area (Å²) in [6, 6.07) is 11.3. The van der Waals surface area contributed by atoms with E-state index < -0.39 is 0 Å². The van der Waals surface area contributed by atoms with Crippen LogP contribution in [-0.2, 0) is 12.8 Å². The number of nitrogens with two attached hydrogens (primary N) is 1. The fraction of sp³-hybridized carbons (Fsp3) is 0.333. The van der Waals surface area contributed by atoms with Gasteiger partial charge in [0.15, 0.2) is 0 Å². The summed E-state index contributed by atoms with van der Waals surface area (Å²) in [7, 11) is 0. The number of hydrogen-bond donors (Lipinski definition) is 2. The lowest BCUT2D eigenvalue weighted by atomic mass is 9.74. The van der Waals surface area contributed by atoms with E-state index in [1.54, 1.807) is 11.3 Å². The van der Waals surface area contributed by atoms with E-state index in [0.29, 0.717) is 12.0 Å².